The monoisotopic (exact) mass is 309 g/mol. The van der Waals surface area contributed by atoms with Crippen LogP contribution in [0, 0.1) is 0 Å². The van der Waals surface area contributed by atoms with E-state index in [0.717, 1.165) is 19.3 Å². The zero-order valence-electron chi connectivity index (χ0n) is 10.6. The number of nitrogens with one attached hydrogen (secondary N) is 1. The Bertz CT molecular complexity index is 357. The van der Waals surface area contributed by atoms with Gasteiger partial charge in [0.15, 0.2) is 5.75 Å². The van der Waals surface area contributed by atoms with E-state index in [4.69, 9.17) is 39.5 Å². The summed E-state index contributed by atoms with van der Waals surface area (Å²) in [4.78, 5) is 0. The predicted octanol–water partition coefficient (Wildman–Crippen LogP) is 4.80. The fourth-order valence-corrected chi connectivity index (χ4v) is 2.65. The van der Waals surface area contributed by atoms with Crippen molar-refractivity contribution in [1.82, 2.24) is 5.32 Å². The summed E-state index contributed by atoms with van der Waals surface area (Å²) in [6.07, 6.45) is 3.13. The molecule has 5 heteroatoms. The quantitative estimate of drug-likeness (QED) is 0.730. The molecule has 0 aliphatic heterocycles. The molecule has 0 spiro atoms. The van der Waals surface area contributed by atoms with Gasteiger partial charge in [0.25, 0.3) is 0 Å². The molecule has 0 amide bonds. The first-order valence-corrected chi connectivity index (χ1v) is 7.16. The number of benzene rings is 1. The summed E-state index contributed by atoms with van der Waals surface area (Å²) in [5, 5.41) is 4.67. The van der Waals surface area contributed by atoms with E-state index >= 15 is 0 Å². The molecule has 2 nitrogen and oxygen atoms in total. The molecule has 0 saturated heterocycles. The normalized spacial score (nSPS) is 12.5. The topological polar surface area (TPSA) is 21.3 Å². The van der Waals surface area contributed by atoms with Crippen molar-refractivity contribution in [2.75, 3.05) is 13.7 Å². The summed E-state index contributed by atoms with van der Waals surface area (Å²) < 4.78 is 5.61. The van der Waals surface area contributed by atoms with Crippen LogP contribution in [0.15, 0.2) is 12.1 Å². The maximum Gasteiger partial charge on any atom is 0.156 e. The Morgan fingerprint density at radius 2 is 1.83 bits per heavy atom. The van der Waals surface area contributed by atoms with E-state index in [1.54, 1.807) is 12.1 Å². The standard InChI is InChI=1S/C13H18Cl3NO/c1-3-10(17-2)5-4-6-18-13-11(15)7-9(14)8-12(13)16/h7-8,10,17H,3-6H2,1-2H3. The maximum absolute atomic E-state index is 6.02. The van der Waals surface area contributed by atoms with Crippen molar-refractivity contribution in [3.63, 3.8) is 0 Å². The summed E-state index contributed by atoms with van der Waals surface area (Å²) in [5.41, 5.74) is 0. The van der Waals surface area contributed by atoms with Gasteiger partial charge in [0.05, 0.1) is 16.7 Å². The van der Waals surface area contributed by atoms with E-state index in [9.17, 15) is 0 Å². The van der Waals surface area contributed by atoms with Crippen LogP contribution in [0.2, 0.25) is 15.1 Å². The lowest BCUT2D eigenvalue weighted by Gasteiger charge is -2.14. The van der Waals surface area contributed by atoms with Crippen LogP contribution in [0.3, 0.4) is 0 Å². The van der Waals surface area contributed by atoms with Gasteiger partial charge in [-0.15, -0.1) is 0 Å². The molecule has 0 bridgehead atoms. The molecular formula is C13H18Cl3NO. The SMILES string of the molecule is CCC(CCCOc1c(Cl)cc(Cl)cc1Cl)NC. The molecule has 0 saturated carbocycles. The average molecular weight is 311 g/mol. The molecule has 18 heavy (non-hydrogen) atoms. The van der Waals surface area contributed by atoms with Crippen LogP contribution in [0.4, 0.5) is 0 Å². The largest absolute Gasteiger partial charge is 0.490 e. The Balaban J connectivity index is 2.44. The number of hydrogen-bond acceptors (Lipinski definition) is 2. The van der Waals surface area contributed by atoms with Crippen LogP contribution in [0.1, 0.15) is 26.2 Å². The summed E-state index contributed by atoms with van der Waals surface area (Å²) in [6.45, 7) is 2.76. The van der Waals surface area contributed by atoms with E-state index in [0.29, 0.717) is 33.5 Å². The highest BCUT2D eigenvalue weighted by Gasteiger charge is 2.09. The predicted molar refractivity (Wildman–Crippen MR) is 79.3 cm³/mol. The van der Waals surface area contributed by atoms with Crippen molar-refractivity contribution in [2.24, 2.45) is 0 Å². The fraction of sp³-hybridized carbons (Fsp3) is 0.538. The number of hydrogen-bond donors (Lipinski definition) is 1. The lowest BCUT2D eigenvalue weighted by Crippen LogP contribution is -2.24. The van der Waals surface area contributed by atoms with Crippen molar-refractivity contribution in [1.29, 1.82) is 0 Å². The number of rotatable bonds is 7. The van der Waals surface area contributed by atoms with Gasteiger partial charge in [-0.05, 0) is 38.4 Å². The first-order valence-electron chi connectivity index (χ1n) is 6.03. The second-order valence-corrected chi connectivity index (χ2v) is 5.33. The van der Waals surface area contributed by atoms with Gasteiger partial charge in [0.1, 0.15) is 0 Å². The molecule has 1 N–H and O–H groups in total. The molecule has 1 aromatic rings. The highest BCUT2D eigenvalue weighted by Crippen LogP contribution is 2.35. The highest BCUT2D eigenvalue weighted by atomic mass is 35.5. The Morgan fingerprint density at radius 3 is 2.33 bits per heavy atom. The molecular weight excluding hydrogens is 293 g/mol. The smallest absolute Gasteiger partial charge is 0.156 e. The van der Waals surface area contributed by atoms with Gasteiger partial charge in [0.2, 0.25) is 0 Å². The Kier molecular flexibility index (Phi) is 7.16. The van der Waals surface area contributed by atoms with E-state index in [-0.39, 0.29) is 0 Å². The third-order valence-electron chi connectivity index (χ3n) is 2.81. The second-order valence-electron chi connectivity index (χ2n) is 4.08. The molecule has 102 valence electrons. The molecule has 0 fully saturated rings. The van der Waals surface area contributed by atoms with Crippen molar-refractivity contribution in [3.8, 4) is 5.75 Å². The molecule has 0 aliphatic carbocycles. The summed E-state index contributed by atoms with van der Waals surface area (Å²) in [7, 11) is 1.97. The van der Waals surface area contributed by atoms with E-state index in [2.05, 4.69) is 12.2 Å². The van der Waals surface area contributed by atoms with Crippen LogP contribution < -0.4 is 10.1 Å². The summed E-state index contributed by atoms with van der Waals surface area (Å²) in [6, 6.07) is 3.80. The Morgan fingerprint density at radius 1 is 1.22 bits per heavy atom. The minimum Gasteiger partial charge on any atom is -0.490 e. The third-order valence-corrected chi connectivity index (χ3v) is 3.59. The molecule has 1 aromatic carbocycles. The molecule has 1 unspecified atom stereocenters. The lowest BCUT2D eigenvalue weighted by molar-refractivity contribution is 0.297. The van der Waals surface area contributed by atoms with Crippen molar-refractivity contribution in [2.45, 2.75) is 32.2 Å². The highest BCUT2D eigenvalue weighted by molar-refractivity contribution is 6.40. The van der Waals surface area contributed by atoms with Gasteiger partial charge in [-0.2, -0.15) is 0 Å². The van der Waals surface area contributed by atoms with E-state index < -0.39 is 0 Å². The van der Waals surface area contributed by atoms with Crippen LogP contribution >= 0.6 is 34.8 Å². The van der Waals surface area contributed by atoms with Gasteiger partial charge in [-0.1, -0.05) is 41.7 Å². The molecule has 0 aromatic heterocycles. The molecule has 0 radical (unpaired) electrons. The average Bonchev–Trinajstić information content (AvgIpc) is 2.32. The maximum atomic E-state index is 6.02. The lowest BCUT2D eigenvalue weighted by atomic mass is 10.1. The van der Waals surface area contributed by atoms with Gasteiger partial charge in [-0.25, -0.2) is 0 Å². The zero-order chi connectivity index (χ0) is 13.5. The van der Waals surface area contributed by atoms with Crippen molar-refractivity contribution < 1.29 is 4.74 Å². The number of ether oxygens (including phenoxy) is 1. The molecule has 1 rings (SSSR count). The molecule has 0 aliphatic rings. The second kappa shape index (κ2) is 8.11. The summed E-state index contributed by atoms with van der Waals surface area (Å²) >= 11 is 17.9. The first-order chi connectivity index (χ1) is 8.58. The van der Waals surface area contributed by atoms with Gasteiger partial charge in [0, 0.05) is 11.1 Å². The van der Waals surface area contributed by atoms with E-state index in [1.807, 2.05) is 7.05 Å². The minimum absolute atomic E-state index is 0.452. The summed E-state index contributed by atoms with van der Waals surface area (Å²) in [5.74, 6) is 0.514. The zero-order valence-corrected chi connectivity index (χ0v) is 12.9. The Hall–Kier alpha value is -0.150. The molecule has 0 heterocycles. The fourth-order valence-electron chi connectivity index (χ4n) is 1.72. The number of halogens is 3. The molecule has 1 atom stereocenters. The van der Waals surface area contributed by atoms with Gasteiger partial charge in [-0.3, -0.25) is 0 Å². The van der Waals surface area contributed by atoms with Crippen LogP contribution in [-0.2, 0) is 0 Å². The van der Waals surface area contributed by atoms with Crippen LogP contribution in [-0.4, -0.2) is 19.7 Å². The van der Waals surface area contributed by atoms with Crippen LogP contribution in [0.25, 0.3) is 0 Å². The third kappa shape index (κ3) is 4.85. The van der Waals surface area contributed by atoms with Gasteiger partial charge < -0.3 is 10.1 Å². The first kappa shape index (κ1) is 15.9. The minimum atomic E-state index is 0.452. The van der Waals surface area contributed by atoms with Crippen molar-refractivity contribution in [3.05, 3.63) is 27.2 Å². The van der Waals surface area contributed by atoms with E-state index in [1.165, 1.54) is 0 Å². The van der Waals surface area contributed by atoms with Gasteiger partial charge >= 0.3 is 0 Å². The Labute approximate surface area is 124 Å². The van der Waals surface area contributed by atoms with Crippen molar-refractivity contribution >= 4 is 34.8 Å². The van der Waals surface area contributed by atoms with Crippen LogP contribution in [0.5, 0.6) is 5.75 Å².